The Hall–Kier alpha value is -2.81. The molecule has 2 aromatic rings. The Kier molecular flexibility index (Phi) is 10.8. The minimum absolute atomic E-state index is 0.127. The summed E-state index contributed by atoms with van der Waals surface area (Å²) in [4.78, 5) is 37.1. The number of hydrogen-bond acceptors (Lipinski definition) is 6. The molecule has 2 amide bonds. The molecule has 0 aliphatic heterocycles. The maximum Gasteiger partial charge on any atom is 0.306 e. The molecule has 3 rings (SSSR count). The smallest absolute Gasteiger partial charge is 0.306 e. The third-order valence-electron chi connectivity index (χ3n) is 5.44. The zero-order chi connectivity index (χ0) is 27.7. The number of benzene rings is 2. The first-order valence-corrected chi connectivity index (χ1v) is 13.4. The van der Waals surface area contributed by atoms with Gasteiger partial charge in [0.1, 0.15) is 18.0 Å². The fraction of sp³-hybridized carbons (Fsp3) is 0.464. The van der Waals surface area contributed by atoms with Gasteiger partial charge in [-0.2, -0.15) is 0 Å². The second-order valence-electron chi connectivity index (χ2n) is 10.1. The summed E-state index contributed by atoms with van der Waals surface area (Å²) in [5, 5.41) is 6.36. The maximum atomic E-state index is 12.8. The molecule has 206 valence electrons. The van der Waals surface area contributed by atoms with E-state index in [4.69, 9.17) is 37.4 Å². The van der Waals surface area contributed by atoms with Gasteiger partial charge in [0, 0.05) is 30.7 Å². The number of carbonyl (C=O) groups excluding carboxylic acids is 3. The van der Waals surface area contributed by atoms with Crippen molar-refractivity contribution in [3.05, 3.63) is 52.0 Å². The molecule has 10 heteroatoms. The normalized spacial score (nSPS) is 13.1. The van der Waals surface area contributed by atoms with Crippen LogP contribution in [0.25, 0.3) is 0 Å². The van der Waals surface area contributed by atoms with E-state index in [2.05, 4.69) is 10.6 Å². The van der Waals surface area contributed by atoms with Gasteiger partial charge in [-0.3, -0.25) is 14.4 Å². The highest BCUT2D eigenvalue weighted by molar-refractivity contribution is 6.42. The van der Waals surface area contributed by atoms with Crippen LogP contribution >= 0.6 is 23.2 Å². The van der Waals surface area contributed by atoms with Crippen LogP contribution in [-0.2, 0) is 19.1 Å². The molecule has 1 aliphatic rings. The van der Waals surface area contributed by atoms with E-state index >= 15 is 0 Å². The van der Waals surface area contributed by atoms with Gasteiger partial charge in [-0.1, -0.05) is 23.2 Å². The van der Waals surface area contributed by atoms with E-state index in [0.717, 1.165) is 12.8 Å². The number of ether oxygens (including phenoxy) is 3. The van der Waals surface area contributed by atoms with Crippen molar-refractivity contribution >= 4 is 52.4 Å². The number of rotatable bonds is 13. The van der Waals surface area contributed by atoms with E-state index < -0.39 is 5.60 Å². The van der Waals surface area contributed by atoms with E-state index in [0.29, 0.717) is 64.7 Å². The van der Waals surface area contributed by atoms with Crippen molar-refractivity contribution in [1.29, 1.82) is 0 Å². The molecule has 38 heavy (non-hydrogen) atoms. The van der Waals surface area contributed by atoms with Gasteiger partial charge in [0.15, 0.2) is 0 Å². The predicted octanol–water partition coefficient (Wildman–Crippen LogP) is 6.50. The topological polar surface area (TPSA) is 103 Å². The molecular weight excluding hydrogens is 531 g/mol. The van der Waals surface area contributed by atoms with Crippen LogP contribution in [0.1, 0.15) is 63.2 Å². The summed E-state index contributed by atoms with van der Waals surface area (Å²) in [6, 6.07) is 9.63. The zero-order valence-corrected chi connectivity index (χ0v) is 23.4. The Balaban J connectivity index is 1.54. The summed E-state index contributed by atoms with van der Waals surface area (Å²) >= 11 is 12.0. The zero-order valence-electron chi connectivity index (χ0n) is 21.9. The van der Waals surface area contributed by atoms with E-state index in [1.807, 2.05) is 20.8 Å². The quantitative estimate of drug-likeness (QED) is 0.212. The summed E-state index contributed by atoms with van der Waals surface area (Å²) in [6.07, 6.45) is 3.35. The number of nitrogens with one attached hydrogen (secondary N) is 2. The Morgan fingerprint density at radius 2 is 1.71 bits per heavy atom. The first-order valence-electron chi connectivity index (χ1n) is 12.6. The molecule has 0 unspecified atom stereocenters. The third kappa shape index (κ3) is 10.5. The average Bonchev–Trinajstić information content (AvgIpc) is 3.64. The fourth-order valence-corrected chi connectivity index (χ4v) is 3.78. The molecule has 0 radical (unpaired) electrons. The Morgan fingerprint density at radius 3 is 2.39 bits per heavy atom. The van der Waals surface area contributed by atoms with Gasteiger partial charge < -0.3 is 24.8 Å². The van der Waals surface area contributed by atoms with Crippen molar-refractivity contribution < 1.29 is 28.6 Å². The average molecular weight is 565 g/mol. The van der Waals surface area contributed by atoms with E-state index in [1.54, 1.807) is 36.4 Å². The Morgan fingerprint density at radius 1 is 0.947 bits per heavy atom. The van der Waals surface area contributed by atoms with E-state index in [1.165, 1.54) is 0 Å². The van der Waals surface area contributed by atoms with Gasteiger partial charge in [-0.05, 0) is 82.3 Å². The summed E-state index contributed by atoms with van der Waals surface area (Å²) in [5.41, 5.74) is 0.732. The molecule has 1 fully saturated rings. The molecule has 0 atom stereocenters. The van der Waals surface area contributed by atoms with Crippen molar-refractivity contribution in [3.8, 4) is 5.75 Å². The van der Waals surface area contributed by atoms with E-state index in [-0.39, 0.29) is 30.8 Å². The van der Waals surface area contributed by atoms with Crippen LogP contribution in [0.3, 0.4) is 0 Å². The highest BCUT2D eigenvalue weighted by atomic mass is 35.5. The lowest BCUT2D eigenvalue weighted by Crippen LogP contribution is -2.23. The summed E-state index contributed by atoms with van der Waals surface area (Å²) in [5.74, 6) is 0.0816. The van der Waals surface area contributed by atoms with Crippen molar-refractivity contribution in [2.45, 2.75) is 58.5 Å². The minimum atomic E-state index is -0.503. The molecule has 2 N–H and O–H groups in total. The first-order chi connectivity index (χ1) is 18.0. The predicted molar refractivity (Wildman–Crippen MR) is 148 cm³/mol. The molecule has 0 bridgehead atoms. The molecule has 0 aromatic heterocycles. The molecule has 8 nitrogen and oxygen atoms in total. The molecule has 1 aliphatic carbocycles. The minimum Gasteiger partial charge on any atom is -0.489 e. The van der Waals surface area contributed by atoms with Gasteiger partial charge in [0.25, 0.3) is 5.91 Å². The van der Waals surface area contributed by atoms with Crippen LogP contribution in [0.4, 0.5) is 11.4 Å². The maximum absolute atomic E-state index is 12.8. The van der Waals surface area contributed by atoms with Crippen LogP contribution < -0.4 is 15.4 Å². The molecule has 2 aromatic carbocycles. The second kappa shape index (κ2) is 13.8. The highest BCUT2D eigenvalue weighted by Crippen LogP contribution is 2.34. The lowest BCUT2D eigenvalue weighted by Gasteiger charge is -2.19. The summed E-state index contributed by atoms with van der Waals surface area (Å²) in [7, 11) is 0. The monoisotopic (exact) mass is 564 g/mol. The number of amides is 2. The van der Waals surface area contributed by atoms with Gasteiger partial charge >= 0.3 is 5.97 Å². The van der Waals surface area contributed by atoms with Crippen molar-refractivity contribution in [3.63, 3.8) is 0 Å². The molecule has 0 spiro atoms. The Labute approximate surface area is 233 Å². The molecule has 0 heterocycles. The van der Waals surface area contributed by atoms with Gasteiger partial charge in [-0.15, -0.1) is 0 Å². The number of carbonyl (C=O) groups is 3. The summed E-state index contributed by atoms with van der Waals surface area (Å²) in [6.45, 7) is 6.40. The van der Waals surface area contributed by atoms with Crippen molar-refractivity contribution in [2.75, 3.05) is 30.5 Å². The molecular formula is C28H34Cl2N2O6. The summed E-state index contributed by atoms with van der Waals surface area (Å²) < 4.78 is 16.7. The first kappa shape index (κ1) is 29.7. The van der Waals surface area contributed by atoms with Crippen LogP contribution in [0.15, 0.2) is 36.4 Å². The van der Waals surface area contributed by atoms with Crippen molar-refractivity contribution in [2.24, 2.45) is 5.92 Å². The van der Waals surface area contributed by atoms with Crippen molar-refractivity contribution in [1.82, 2.24) is 0 Å². The fourth-order valence-electron chi connectivity index (χ4n) is 3.48. The number of halogens is 2. The lowest BCUT2D eigenvalue weighted by atomic mass is 10.1. The second-order valence-corrected chi connectivity index (χ2v) is 11.0. The van der Waals surface area contributed by atoms with E-state index in [9.17, 15) is 14.4 Å². The highest BCUT2D eigenvalue weighted by Gasteiger charge is 2.25. The van der Waals surface area contributed by atoms with Crippen LogP contribution in [-0.4, -0.2) is 43.2 Å². The largest absolute Gasteiger partial charge is 0.489 e. The number of hydrogen-bond donors (Lipinski definition) is 2. The Bertz CT molecular complexity index is 1140. The van der Waals surface area contributed by atoms with Gasteiger partial charge in [-0.25, -0.2) is 0 Å². The number of anilines is 2. The van der Waals surface area contributed by atoms with Crippen LogP contribution in [0, 0.1) is 5.92 Å². The molecule has 1 saturated carbocycles. The molecule has 0 saturated heterocycles. The third-order valence-corrected chi connectivity index (χ3v) is 6.18. The SMILES string of the molecule is CC(C)(C)OC(=O)CCCOCCOc1ccc(C(=O)Nc2ccc(Cl)c(Cl)c2)cc1NC(=O)CC1CC1. The van der Waals surface area contributed by atoms with Gasteiger partial charge in [0.05, 0.1) is 22.3 Å². The standard InChI is InChI=1S/C28H34Cl2N2O6/c1-28(2,3)38-26(34)5-4-12-36-13-14-37-24-11-8-19(16-23(24)32-25(33)15-18-6-7-18)27(35)31-20-9-10-21(29)22(30)17-20/h8-11,16-18H,4-7,12-15H2,1-3H3,(H,31,35)(H,32,33). The van der Waals surface area contributed by atoms with Crippen LogP contribution in [0.5, 0.6) is 5.75 Å². The lowest BCUT2D eigenvalue weighted by molar-refractivity contribution is -0.155. The number of esters is 1. The van der Waals surface area contributed by atoms with Gasteiger partial charge in [0.2, 0.25) is 5.91 Å². The van der Waals surface area contributed by atoms with Crippen LogP contribution in [0.2, 0.25) is 10.0 Å².